The molecule has 6 rings (SSSR count). The molecule has 46 heavy (non-hydrogen) atoms. The molecule has 8 nitrogen and oxygen atoms in total. The maximum absolute atomic E-state index is 12.7. The number of sulfonamides is 1. The van der Waals surface area contributed by atoms with Crippen molar-refractivity contribution < 1.29 is 23.0 Å². The Morgan fingerprint density at radius 2 is 1.61 bits per heavy atom. The molecule has 2 N–H and O–H groups in total. The van der Waals surface area contributed by atoms with Crippen LogP contribution in [0.2, 0.25) is 0 Å². The Labute approximate surface area is 274 Å². The lowest BCUT2D eigenvalue weighted by Crippen LogP contribution is -2.38. The second-order valence-electron chi connectivity index (χ2n) is 11.4. The van der Waals surface area contributed by atoms with Crippen molar-refractivity contribution in [2.45, 2.75) is 48.6 Å². The number of thioether (sulfide) groups is 1. The summed E-state index contributed by atoms with van der Waals surface area (Å²) in [6.45, 7) is 2.33. The Balaban J connectivity index is 1.19. The van der Waals surface area contributed by atoms with Crippen LogP contribution >= 0.6 is 11.8 Å². The fourth-order valence-electron chi connectivity index (χ4n) is 5.51. The molecule has 238 valence electrons. The summed E-state index contributed by atoms with van der Waals surface area (Å²) in [4.78, 5) is 4.70. The van der Waals surface area contributed by atoms with Crippen molar-refractivity contribution in [1.29, 1.82) is 0 Å². The molecule has 1 aliphatic rings. The monoisotopic (exact) mass is 655 g/mol. The van der Waals surface area contributed by atoms with Gasteiger partial charge in [0, 0.05) is 43.2 Å². The van der Waals surface area contributed by atoms with Crippen molar-refractivity contribution in [2.75, 3.05) is 5.75 Å². The lowest BCUT2D eigenvalue weighted by molar-refractivity contribution is -0.268. The number of benzene rings is 4. The quantitative estimate of drug-likeness (QED) is 0.154. The van der Waals surface area contributed by atoms with Gasteiger partial charge in [-0.05, 0) is 46.0 Å². The van der Waals surface area contributed by atoms with Crippen LogP contribution in [0.1, 0.15) is 41.6 Å². The van der Waals surface area contributed by atoms with E-state index in [1.54, 1.807) is 48.3 Å². The van der Waals surface area contributed by atoms with Crippen LogP contribution in [-0.2, 0) is 39.7 Å². The van der Waals surface area contributed by atoms with Crippen molar-refractivity contribution >= 4 is 21.8 Å². The Morgan fingerprint density at radius 1 is 0.870 bits per heavy atom. The van der Waals surface area contributed by atoms with Gasteiger partial charge in [-0.15, -0.1) is 0 Å². The Morgan fingerprint density at radius 3 is 2.30 bits per heavy atom. The van der Waals surface area contributed by atoms with Gasteiger partial charge in [0.05, 0.1) is 23.7 Å². The summed E-state index contributed by atoms with van der Waals surface area (Å²) in [5, 5.41) is 10.5. The first-order valence-corrected chi connectivity index (χ1v) is 17.6. The number of nitrogens with zero attached hydrogens (tertiary/aromatic N) is 2. The van der Waals surface area contributed by atoms with Gasteiger partial charge >= 0.3 is 0 Å². The van der Waals surface area contributed by atoms with Crippen LogP contribution in [0.3, 0.4) is 0 Å². The standard InChI is InChI=1S/C36H37N3O5S2/c1-25-33(24-45-36-37-19-20-39(36)2)43-35(44-34(25)29-13-11-26(23-40)12-14-29)30-17-15-28(16-18-30)31-8-6-7-27(21-31)22-38-46(41,42)32-9-4-3-5-10-32/h3-21,25,33-35,38,40H,22-24H2,1-2H3/t25-,33+,34+,35+/m1/s1. The molecule has 0 aliphatic carbocycles. The van der Waals surface area contributed by atoms with Crippen LogP contribution in [-0.4, -0.2) is 34.9 Å². The van der Waals surface area contributed by atoms with E-state index in [0.29, 0.717) is 0 Å². The molecule has 1 saturated heterocycles. The normalized spacial score (nSPS) is 20.1. The van der Waals surface area contributed by atoms with E-state index in [2.05, 4.69) is 16.6 Å². The van der Waals surface area contributed by atoms with Crippen LogP contribution in [0.4, 0.5) is 0 Å². The van der Waals surface area contributed by atoms with E-state index in [9.17, 15) is 13.5 Å². The summed E-state index contributed by atoms with van der Waals surface area (Å²) in [7, 11) is -1.62. The lowest BCUT2D eigenvalue weighted by Gasteiger charge is -2.41. The third-order valence-corrected chi connectivity index (χ3v) is 10.8. The van der Waals surface area contributed by atoms with Gasteiger partial charge in [0.2, 0.25) is 10.0 Å². The first-order valence-electron chi connectivity index (χ1n) is 15.2. The number of hydrogen-bond donors (Lipinski definition) is 2. The average Bonchev–Trinajstić information content (AvgIpc) is 3.52. The molecule has 4 aromatic carbocycles. The molecular weight excluding hydrogens is 619 g/mol. The molecule has 1 aromatic heterocycles. The minimum absolute atomic E-state index is 0.00538. The van der Waals surface area contributed by atoms with Gasteiger partial charge in [-0.25, -0.2) is 18.1 Å². The molecule has 0 unspecified atom stereocenters. The molecule has 2 heterocycles. The fraction of sp³-hybridized carbons (Fsp3) is 0.250. The van der Waals surface area contributed by atoms with Gasteiger partial charge < -0.3 is 19.1 Å². The van der Waals surface area contributed by atoms with Crippen LogP contribution in [0, 0.1) is 5.92 Å². The number of aryl methyl sites for hydroxylation is 1. The van der Waals surface area contributed by atoms with Gasteiger partial charge in [0.15, 0.2) is 11.4 Å². The Bertz CT molecular complexity index is 1850. The van der Waals surface area contributed by atoms with E-state index in [4.69, 9.17) is 9.47 Å². The minimum atomic E-state index is -3.61. The molecule has 0 amide bonds. The number of nitrogens with one attached hydrogen (secondary N) is 1. The van der Waals surface area contributed by atoms with Crippen LogP contribution in [0.25, 0.3) is 11.1 Å². The van der Waals surface area contributed by atoms with Crippen LogP contribution in [0.5, 0.6) is 0 Å². The van der Waals surface area contributed by atoms with Crippen LogP contribution < -0.4 is 4.72 Å². The van der Waals surface area contributed by atoms with E-state index >= 15 is 0 Å². The van der Waals surface area contributed by atoms with E-state index in [0.717, 1.165) is 44.3 Å². The smallest absolute Gasteiger partial charge is 0.240 e. The second-order valence-corrected chi connectivity index (χ2v) is 14.2. The number of ether oxygens (including phenoxy) is 2. The summed E-state index contributed by atoms with van der Waals surface area (Å²) in [6.07, 6.45) is 2.86. The highest BCUT2D eigenvalue weighted by Gasteiger charge is 2.38. The zero-order valence-electron chi connectivity index (χ0n) is 25.7. The molecule has 1 aliphatic heterocycles. The van der Waals surface area contributed by atoms with Gasteiger partial charge in [0.1, 0.15) is 0 Å². The van der Waals surface area contributed by atoms with E-state index in [-0.39, 0.29) is 36.2 Å². The molecule has 0 radical (unpaired) electrons. The van der Waals surface area contributed by atoms with E-state index in [1.165, 1.54) is 0 Å². The Hall–Kier alpha value is -3.77. The predicted molar refractivity (Wildman–Crippen MR) is 179 cm³/mol. The summed E-state index contributed by atoms with van der Waals surface area (Å²) >= 11 is 1.67. The number of aromatic nitrogens is 2. The summed E-state index contributed by atoms with van der Waals surface area (Å²) in [5.41, 5.74) is 5.65. The summed E-state index contributed by atoms with van der Waals surface area (Å²) in [6, 6.07) is 32.2. The second kappa shape index (κ2) is 14.3. The topological polar surface area (TPSA) is 103 Å². The number of aliphatic hydroxyl groups is 1. The van der Waals surface area contributed by atoms with Gasteiger partial charge in [-0.3, -0.25) is 0 Å². The predicted octanol–water partition coefficient (Wildman–Crippen LogP) is 6.64. The van der Waals surface area contributed by atoms with Crippen LogP contribution in [0.15, 0.2) is 126 Å². The number of hydrogen-bond acceptors (Lipinski definition) is 7. The molecule has 0 bridgehead atoms. The largest absolute Gasteiger partial charge is 0.392 e. The zero-order chi connectivity index (χ0) is 32.1. The molecule has 0 saturated carbocycles. The van der Waals surface area contributed by atoms with Gasteiger partial charge in [-0.2, -0.15) is 0 Å². The molecule has 4 atom stereocenters. The average molecular weight is 656 g/mol. The van der Waals surface area contributed by atoms with E-state index in [1.807, 2.05) is 90.6 Å². The summed E-state index contributed by atoms with van der Waals surface area (Å²) in [5.74, 6) is 0.793. The number of imidazole rings is 1. The number of rotatable bonds is 11. The van der Waals surface area contributed by atoms with Crippen molar-refractivity contribution in [2.24, 2.45) is 13.0 Å². The highest BCUT2D eigenvalue weighted by Crippen LogP contribution is 2.43. The maximum atomic E-state index is 12.7. The van der Waals surface area contributed by atoms with Crippen molar-refractivity contribution in [3.05, 3.63) is 138 Å². The SMILES string of the molecule is C[C@@H]1[C@H](CSc2nccn2C)O[C@H](c2ccc(-c3cccc(CNS(=O)(=O)c4ccccc4)c3)cc2)O[C@@H]1c1ccc(CO)cc1. The third-order valence-electron chi connectivity index (χ3n) is 8.24. The first kappa shape index (κ1) is 32.2. The van der Waals surface area contributed by atoms with Crippen molar-refractivity contribution in [1.82, 2.24) is 14.3 Å². The molecular formula is C36H37N3O5S2. The molecule has 0 spiro atoms. The van der Waals surface area contributed by atoms with Crippen molar-refractivity contribution in [3.8, 4) is 11.1 Å². The zero-order valence-corrected chi connectivity index (χ0v) is 27.3. The van der Waals surface area contributed by atoms with Gasteiger partial charge in [0.25, 0.3) is 0 Å². The summed E-state index contributed by atoms with van der Waals surface area (Å²) < 4.78 is 43.3. The first-order chi connectivity index (χ1) is 22.3. The van der Waals surface area contributed by atoms with Gasteiger partial charge in [-0.1, -0.05) is 104 Å². The molecule has 1 fully saturated rings. The lowest BCUT2D eigenvalue weighted by atomic mass is 9.91. The molecule has 10 heteroatoms. The van der Waals surface area contributed by atoms with Crippen molar-refractivity contribution in [3.63, 3.8) is 0 Å². The molecule has 5 aromatic rings. The minimum Gasteiger partial charge on any atom is -0.392 e. The third kappa shape index (κ3) is 7.44. The van der Waals surface area contributed by atoms with E-state index < -0.39 is 16.3 Å². The Kier molecular flexibility index (Phi) is 10.0. The highest BCUT2D eigenvalue weighted by molar-refractivity contribution is 7.99. The fourth-order valence-corrected chi connectivity index (χ4v) is 7.65. The maximum Gasteiger partial charge on any atom is 0.240 e. The highest BCUT2D eigenvalue weighted by atomic mass is 32.2. The number of aliphatic hydroxyl groups excluding tert-OH is 1.